The quantitative estimate of drug-likeness (QED) is 0.575. The lowest BCUT2D eigenvalue weighted by Crippen LogP contribution is -2.23. The summed E-state index contributed by atoms with van der Waals surface area (Å²) in [5, 5.41) is 2.80. The first kappa shape index (κ1) is 21.3. The van der Waals surface area contributed by atoms with Gasteiger partial charge in [-0.3, -0.25) is 9.52 Å². The highest BCUT2D eigenvalue weighted by molar-refractivity contribution is 7.92. The Labute approximate surface area is 176 Å². The minimum atomic E-state index is -3.73. The molecule has 0 spiro atoms. The number of benzene rings is 2. The molecular formula is C22H23N3O4S. The Balaban J connectivity index is 1.66. The van der Waals surface area contributed by atoms with Crippen LogP contribution in [0.1, 0.15) is 29.8 Å². The number of anilines is 1. The van der Waals surface area contributed by atoms with Crippen molar-refractivity contribution in [2.24, 2.45) is 0 Å². The summed E-state index contributed by atoms with van der Waals surface area (Å²) in [6.07, 6.45) is 1.60. The van der Waals surface area contributed by atoms with E-state index in [-0.39, 0.29) is 23.5 Å². The van der Waals surface area contributed by atoms with E-state index in [4.69, 9.17) is 4.74 Å². The van der Waals surface area contributed by atoms with Crippen LogP contribution in [0.5, 0.6) is 5.88 Å². The summed E-state index contributed by atoms with van der Waals surface area (Å²) in [5.41, 5.74) is 1.57. The Morgan fingerprint density at radius 3 is 2.37 bits per heavy atom. The maximum atomic E-state index is 12.5. The van der Waals surface area contributed by atoms with Crippen molar-refractivity contribution in [2.75, 3.05) is 4.72 Å². The summed E-state index contributed by atoms with van der Waals surface area (Å²) in [4.78, 5) is 16.7. The molecular weight excluding hydrogens is 402 g/mol. The third-order valence-corrected chi connectivity index (χ3v) is 5.49. The molecule has 2 N–H and O–H groups in total. The van der Waals surface area contributed by atoms with Crippen molar-refractivity contribution in [1.82, 2.24) is 10.3 Å². The molecule has 1 amide bonds. The average molecular weight is 426 g/mol. The molecule has 0 atom stereocenters. The number of hydrogen-bond acceptors (Lipinski definition) is 5. The molecule has 0 bridgehead atoms. The van der Waals surface area contributed by atoms with Crippen LogP contribution in [0.25, 0.3) is 0 Å². The van der Waals surface area contributed by atoms with Crippen LogP contribution in [0.3, 0.4) is 0 Å². The number of amides is 1. The van der Waals surface area contributed by atoms with E-state index < -0.39 is 10.0 Å². The van der Waals surface area contributed by atoms with Crippen molar-refractivity contribution >= 4 is 21.6 Å². The lowest BCUT2D eigenvalue weighted by molar-refractivity contribution is 0.0950. The first-order valence-corrected chi connectivity index (χ1v) is 10.9. The number of rotatable bonds is 8. The number of aromatic nitrogens is 1. The molecule has 0 radical (unpaired) electrons. The SMILES string of the molecule is CC(C)Oc1ncccc1CNC(=O)c1ccc(S(=O)(=O)Nc2ccccc2)cc1. The number of ether oxygens (including phenoxy) is 1. The van der Waals surface area contributed by atoms with Gasteiger partial charge in [0.2, 0.25) is 5.88 Å². The second-order valence-corrected chi connectivity index (χ2v) is 8.50. The Hall–Kier alpha value is -3.39. The number of carbonyl (C=O) groups is 1. The first-order valence-electron chi connectivity index (χ1n) is 9.42. The van der Waals surface area contributed by atoms with Crippen LogP contribution >= 0.6 is 0 Å². The molecule has 7 nitrogen and oxygen atoms in total. The number of nitrogens with zero attached hydrogens (tertiary/aromatic N) is 1. The van der Waals surface area contributed by atoms with E-state index in [0.717, 1.165) is 5.56 Å². The van der Waals surface area contributed by atoms with Crippen LogP contribution in [-0.2, 0) is 16.6 Å². The summed E-state index contributed by atoms with van der Waals surface area (Å²) in [5.74, 6) is 0.149. The molecule has 1 aromatic heterocycles. The monoisotopic (exact) mass is 425 g/mol. The van der Waals surface area contributed by atoms with E-state index in [2.05, 4.69) is 15.0 Å². The minimum Gasteiger partial charge on any atom is -0.475 e. The topological polar surface area (TPSA) is 97.4 Å². The standard InChI is InChI=1S/C22H23N3O4S/c1-16(2)29-22-18(7-6-14-23-22)15-24-21(26)17-10-12-20(13-11-17)30(27,28)25-19-8-4-3-5-9-19/h3-14,16,25H,15H2,1-2H3,(H,24,26). The summed E-state index contributed by atoms with van der Waals surface area (Å²) < 4.78 is 33.1. The van der Waals surface area contributed by atoms with Crippen molar-refractivity contribution < 1.29 is 17.9 Å². The maximum Gasteiger partial charge on any atom is 0.261 e. The summed E-state index contributed by atoms with van der Waals surface area (Å²) in [7, 11) is -3.73. The Kier molecular flexibility index (Phi) is 6.68. The van der Waals surface area contributed by atoms with Crippen molar-refractivity contribution in [2.45, 2.75) is 31.4 Å². The van der Waals surface area contributed by atoms with E-state index in [1.54, 1.807) is 42.6 Å². The lowest BCUT2D eigenvalue weighted by Gasteiger charge is -2.13. The van der Waals surface area contributed by atoms with Gasteiger partial charge < -0.3 is 10.1 Å². The number of carbonyl (C=O) groups excluding carboxylic acids is 1. The number of pyridine rings is 1. The third kappa shape index (κ3) is 5.57. The fourth-order valence-electron chi connectivity index (χ4n) is 2.67. The van der Waals surface area contributed by atoms with Crippen LogP contribution in [0, 0.1) is 0 Å². The molecule has 0 saturated carbocycles. The molecule has 3 rings (SSSR count). The Morgan fingerprint density at radius 1 is 1.00 bits per heavy atom. The van der Waals surface area contributed by atoms with Crippen LogP contribution in [0.15, 0.2) is 77.8 Å². The first-order chi connectivity index (χ1) is 14.3. The van der Waals surface area contributed by atoms with Gasteiger partial charge in [0, 0.05) is 29.6 Å². The minimum absolute atomic E-state index is 0.0339. The molecule has 0 fully saturated rings. The molecule has 2 aromatic carbocycles. The van der Waals surface area contributed by atoms with E-state index in [1.165, 1.54) is 24.3 Å². The van der Waals surface area contributed by atoms with Gasteiger partial charge in [-0.15, -0.1) is 0 Å². The molecule has 3 aromatic rings. The molecule has 156 valence electrons. The van der Waals surface area contributed by atoms with Gasteiger partial charge in [0.05, 0.1) is 11.0 Å². The smallest absolute Gasteiger partial charge is 0.261 e. The van der Waals surface area contributed by atoms with Gasteiger partial charge in [-0.1, -0.05) is 24.3 Å². The zero-order valence-electron chi connectivity index (χ0n) is 16.7. The number of para-hydroxylation sites is 1. The highest BCUT2D eigenvalue weighted by atomic mass is 32.2. The normalized spacial score (nSPS) is 11.2. The van der Waals surface area contributed by atoms with Crippen LogP contribution in [-0.4, -0.2) is 25.4 Å². The van der Waals surface area contributed by atoms with Crippen LogP contribution in [0.2, 0.25) is 0 Å². The van der Waals surface area contributed by atoms with Crippen LogP contribution < -0.4 is 14.8 Å². The van der Waals surface area contributed by atoms with E-state index in [0.29, 0.717) is 17.1 Å². The number of hydrogen-bond donors (Lipinski definition) is 2. The lowest BCUT2D eigenvalue weighted by atomic mass is 10.2. The fourth-order valence-corrected chi connectivity index (χ4v) is 3.73. The predicted octanol–water partition coefficient (Wildman–Crippen LogP) is 3.60. The Bertz CT molecular complexity index is 1100. The summed E-state index contributed by atoms with van der Waals surface area (Å²) in [6, 6.07) is 18.0. The summed E-state index contributed by atoms with van der Waals surface area (Å²) >= 11 is 0. The molecule has 0 aliphatic rings. The van der Waals surface area contributed by atoms with Crippen molar-refractivity contribution in [3.63, 3.8) is 0 Å². The van der Waals surface area contributed by atoms with Crippen molar-refractivity contribution in [3.05, 3.63) is 84.1 Å². The predicted molar refractivity (Wildman–Crippen MR) is 115 cm³/mol. The molecule has 30 heavy (non-hydrogen) atoms. The highest BCUT2D eigenvalue weighted by Gasteiger charge is 2.15. The van der Waals surface area contributed by atoms with Gasteiger partial charge in [0.15, 0.2) is 0 Å². The van der Waals surface area contributed by atoms with Crippen LogP contribution in [0.4, 0.5) is 5.69 Å². The van der Waals surface area contributed by atoms with Crippen molar-refractivity contribution in [3.8, 4) is 5.88 Å². The van der Waals surface area contributed by atoms with Gasteiger partial charge in [-0.05, 0) is 56.3 Å². The zero-order chi connectivity index (χ0) is 21.6. The molecule has 8 heteroatoms. The summed E-state index contributed by atoms with van der Waals surface area (Å²) in [6.45, 7) is 4.04. The highest BCUT2D eigenvalue weighted by Crippen LogP contribution is 2.18. The number of nitrogens with one attached hydrogen (secondary N) is 2. The van der Waals surface area contributed by atoms with E-state index >= 15 is 0 Å². The van der Waals surface area contributed by atoms with Gasteiger partial charge in [0.25, 0.3) is 15.9 Å². The van der Waals surface area contributed by atoms with E-state index in [1.807, 2.05) is 19.9 Å². The molecule has 0 unspecified atom stereocenters. The largest absolute Gasteiger partial charge is 0.475 e. The van der Waals surface area contributed by atoms with Gasteiger partial charge in [-0.2, -0.15) is 0 Å². The van der Waals surface area contributed by atoms with Gasteiger partial charge >= 0.3 is 0 Å². The zero-order valence-corrected chi connectivity index (χ0v) is 17.5. The second-order valence-electron chi connectivity index (χ2n) is 6.81. The van der Waals surface area contributed by atoms with Gasteiger partial charge in [-0.25, -0.2) is 13.4 Å². The van der Waals surface area contributed by atoms with Gasteiger partial charge in [0.1, 0.15) is 0 Å². The molecule has 0 aliphatic carbocycles. The second kappa shape index (κ2) is 9.41. The average Bonchev–Trinajstić information content (AvgIpc) is 2.73. The van der Waals surface area contributed by atoms with Crippen molar-refractivity contribution in [1.29, 1.82) is 0 Å². The molecule has 1 heterocycles. The maximum absolute atomic E-state index is 12.5. The number of sulfonamides is 1. The molecule has 0 saturated heterocycles. The van der Waals surface area contributed by atoms with E-state index in [9.17, 15) is 13.2 Å². The fraction of sp³-hybridized carbons (Fsp3) is 0.182. The Morgan fingerprint density at radius 2 is 1.70 bits per heavy atom. The molecule has 0 aliphatic heterocycles. The third-order valence-electron chi connectivity index (χ3n) is 4.09.